The maximum atomic E-state index is 11.0. The van der Waals surface area contributed by atoms with Crippen LogP contribution in [0.5, 0.6) is 0 Å². The highest BCUT2D eigenvalue weighted by Crippen LogP contribution is 2.35. The maximum absolute atomic E-state index is 11.0. The number of fused-ring (bicyclic) bond motifs is 1. The van der Waals surface area contributed by atoms with Crippen LogP contribution in [0.15, 0.2) is 0 Å². The maximum Gasteiger partial charge on any atom is 0.225 e. The zero-order valence-electron chi connectivity index (χ0n) is 5.72. The van der Waals surface area contributed by atoms with Crippen molar-refractivity contribution in [3.8, 4) is 0 Å². The van der Waals surface area contributed by atoms with E-state index in [9.17, 15) is 4.79 Å². The van der Waals surface area contributed by atoms with Gasteiger partial charge in [-0.25, -0.2) is 0 Å². The molecule has 2 atom stereocenters. The number of halogens is 1. The van der Waals surface area contributed by atoms with E-state index >= 15 is 0 Å². The summed E-state index contributed by atoms with van der Waals surface area (Å²) >= 11 is 2.36. The lowest BCUT2D eigenvalue weighted by Crippen LogP contribution is -2.52. The van der Waals surface area contributed by atoms with Gasteiger partial charge in [0.15, 0.2) is 0 Å². The second-order valence-corrected chi connectivity index (χ2v) is 3.93. The number of amides is 1. The summed E-state index contributed by atoms with van der Waals surface area (Å²) in [6.07, 6.45) is 3.31. The van der Waals surface area contributed by atoms with Gasteiger partial charge in [0.2, 0.25) is 5.91 Å². The number of rotatable bonds is 1. The van der Waals surface area contributed by atoms with Gasteiger partial charge < -0.3 is 4.90 Å². The highest BCUT2D eigenvalue weighted by atomic mass is 127. The average Bonchev–Trinajstić information content (AvgIpc) is 2.25. The van der Waals surface area contributed by atoms with Crippen LogP contribution in [-0.4, -0.2) is 27.3 Å². The van der Waals surface area contributed by atoms with Crippen molar-refractivity contribution in [3.63, 3.8) is 0 Å². The Morgan fingerprint density at radius 3 is 2.90 bits per heavy atom. The lowest BCUT2D eigenvalue weighted by molar-refractivity contribution is -0.144. The van der Waals surface area contributed by atoms with Crippen LogP contribution in [0.1, 0.15) is 19.3 Å². The average molecular weight is 251 g/mol. The topological polar surface area (TPSA) is 20.3 Å². The third-order valence-corrected chi connectivity index (χ3v) is 3.51. The normalized spacial score (nSPS) is 37.7. The van der Waals surface area contributed by atoms with E-state index in [-0.39, 0.29) is 0 Å². The summed E-state index contributed by atoms with van der Waals surface area (Å²) in [5, 5.41) is 0. The highest BCUT2D eigenvalue weighted by molar-refractivity contribution is 14.1. The predicted molar refractivity (Wildman–Crippen MR) is 47.2 cm³/mol. The van der Waals surface area contributed by atoms with E-state index in [0.717, 1.165) is 10.8 Å². The lowest BCUT2D eigenvalue weighted by atomic mass is 10.0. The first kappa shape index (κ1) is 6.88. The second-order valence-electron chi connectivity index (χ2n) is 3.04. The molecular formula is C7H10INO. The summed E-state index contributed by atoms with van der Waals surface area (Å²) < 4.78 is 1.11. The van der Waals surface area contributed by atoms with Crippen molar-refractivity contribution in [2.45, 2.75) is 31.3 Å². The van der Waals surface area contributed by atoms with Gasteiger partial charge in [-0.1, -0.05) is 22.6 Å². The van der Waals surface area contributed by atoms with E-state index in [0.29, 0.717) is 18.0 Å². The summed E-state index contributed by atoms with van der Waals surface area (Å²) in [4.78, 5) is 13.1. The standard InChI is InChI=1S/C7H10INO/c8-4-6-2-1-5-3-7(10)9(5)6/h5-6H,1-4H2. The molecule has 2 heterocycles. The molecule has 2 rings (SSSR count). The molecule has 0 spiro atoms. The molecule has 2 aliphatic heterocycles. The number of nitrogens with zero attached hydrogens (tertiary/aromatic N) is 1. The molecule has 0 saturated carbocycles. The van der Waals surface area contributed by atoms with Crippen molar-refractivity contribution >= 4 is 28.5 Å². The molecule has 0 aliphatic carbocycles. The molecule has 1 amide bonds. The Labute approximate surface area is 74.1 Å². The summed E-state index contributed by atoms with van der Waals surface area (Å²) in [6.45, 7) is 0. The molecule has 2 aliphatic rings. The third-order valence-electron chi connectivity index (χ3n) is 2.50. The van der Waals surface area contributed by atoms with Gasteiger partial charge >= 0.3 is 0 Å². The summed E-state index contributed by atoms with van der Waals surface area (Å²) in [7, 11) is 0. The van der Waals surface area contributed by atoms with Gasteiger partial charge in [-0.15, -0.1) is 0 Å². The van der Waals surface area contributed by atoms with E-state index < -0.39 is 0 Å². The number of hydrogen-bond acceptors (Lipinski definition) is 1. The zero-order valence-corrected chi connectivity index (χ0v) is 7.87. The molecule has 56 valence electrons. The predicted octanol–water partition coefficient (Wildman–Crippen LogP) is 1.18. The minimum atomic E-state index is 0.379. The highest BCUT2D eigenvalue weighted by Gasteiger charge is 2.44. The Morgan fingerprint density at radius 1 is 1.60 bits per heavy atom. The van der Waals surface area contributed by atoms with Crippen LogP contribution < -0.4 is 0 Å². The van der Waals surface area contributed by atoms with Crippen molar-refractivity contribution in [2.75, 3.05) is 4.43 Å². The smallest absolute Gasteiger partial charge is 0.225 e. The summed E-state index contributed by atoms with van der Waals surface area (Å²) in [5.74, 6) is 0.379. The van der Waals surface area contributed by atoms with Gasteiger partial charge in [-0.2, -0.15) is 0 Å². The SMILES string of the molecule is O=C1CC2CCC(CI)N12. The summed E-state index contributed by atoms with van der Waals surface area (Å²) in [5.41, 5.74) is 0. The molecular weight excluding hydrogens is 241 g/mol. The number of carbonyl (C=O) groups is 1. The molecule has 2 unspecified atom stereocenters. The van der Waals surface area contributed by atoms with Gasteiger partial charge in [0.05, 0.1) is 0 Å². The van der Waals surface area contributed by atoms with Gasteiger partial charge in [-0.3, -0.25) is 4.79 Å². The fourth-order valence-corrected chi connectivity index (χ4v) is 2.78. The zero-order chi connectivity index (χ0) is 7.14. The fourth-order valence-electron chi connectivity index (χ4n) is 1.91. The molecule has 0 N–H and O–H groups in total. The number of carbonyl (C=O) groups excluding carboxylic acids is 1. The van der Waals surface area contributed by atoms with Crippen LogP contribution in [-0.2, 0) is 4.79 Å². The van der Waals surface area contributed by atoms with Gasteiger partial charge in [0.25, 0.3) is 0 Å². The first-order valence-electron chi connectivity index (χ1n) is 3.70. The minimum absolute atomic E-state index is 0.379. The van der Waals surface area contributed by atoms with Crippen molar-refractivity contribution in [1.82, 2.24) is 4.90 Å². The quantitative estimate of drug-likeness (QED) is 0.389. The van der Waals surface area contributed by atoms with Gasteiger partial charge in [0, 0.05) is 22.9 Å². The Morgan fingerprint density at radius 2 is 2.40 bits per heavy atom. The molecule has 0 aromatic rings. The van der Waals surface area contributed by atoms with Crippen molar-refractivity contribution in [1.29, 1.82) is 0 Å². The van der Waals surface area contributed by atoms with Crippen LogP contribution in [0.3, 0.4) is 0 Å². The van der Waals surface area contributed by atoms with Gasteiger partial charge in [0.1, 0.15) is 0 Å². The van der Waals surface area contributed by atoms with Crippen LogP contribution in [0.2, 0.25) is 0 Å². The van der Waals surface area contributed by atoms with E-state index in [1.54, 1.807) is 0 Å². The Bertz CT molecular complexity index is 171. The Hall–Kier alpha value is 0.200. The van der Waals surface area contributed by atoms with E-state index in [1.807, 2.05) is 0 Å². The number of hydrogen-bond donors (Lipinski definition) is 0. The molecule has 0 radical (unpaired) electrons. The Balaban J connectivity index is 2.07. The largest absolute Gasteiger partial charge is 0.335 e. The molecule has 3 heteroatoms. The van der Waals surface area contributed by atoms with Gasteiger partial charge in [-0.05, 0) is 12.8 Å². The van der Waals surface area contributed by atoms with E-state index in [1.165, 1.54) is 12.8 Å². The first-order chi connectivity index (χ1) is 4.83. The summed E-state index contributed by atoms with van der Waals surface area (Å²) in [6, 6.07) is 1.21. The monoisotopic (exact) mass is 251 g/mol. The molecule has 10 heavy (non-hydrogen) atoms. The first-order valence-corrected chi connectivity index (χ1v) is 5.22. The molecule has 0 bridgehead atoms. The van der Waals surface area contributed by atoms with Crippen LogP contribution in [0, 0.1) is 0 Å². The minimum Gasteiger partial charge on any atom is -0.335 e. The van der Waals surface area contributed by atoms with Crippen molar-refractivity contribution in [2.24, 2.45) is 0 Å². The van der Waals surface area contributed by atoms with Crippen molar-refractivity contribution in [3.05, 3.63) is 0 Å². The molecule has 2 fully saturated rings. The number of β-lactam (4-membered cyclic amide) rings is 1. The Kier molecular flexibility index (Phi) is 1.62. The molecule has 0 aromatic carbocycles. The second kappa shape index (κ2) is 2.36. The number of alkyl halides is 1. The fraction of sp³-hybridized carbons (Fsp3) is 0.857. The van der Waals surface area contributed by atoms with Crippen LogP contribution in [0.25, 0.3) is 0 Å². The van der Waals surface area contributed by atoms with Crippen molar-refractivity contribution < 1.29 is 4.79 Å². The lowest BCUT2D eigenvalue weighted by Gasteiger charge is -2.38. The third kappa shape index (κ3) is 0.790. The van der Waals surface area contributed by atoms with Crippen LogP contribution >= 0.6 is 22.6 Å². The van der Waals surface area contributed by atoms with E-state index in [4.69, 9.17) is 0 Å². The van der Waals surface area contributed by atoms with Crippen LogP contribution in [0.4, 0.5) is 0 Å². The molecule has 2 saturated heterocycles. The molecule has 2 nitrogen and oxygen atoms in total. The molecule has 0 aromatic heterocycles. The van der Waals surface area contributed by atoms with E-state index in [2.05, 4.69) is 27.5 Å².